The Morgan fingerprint density at radius 3 is 2.53 bits per heavy atom. The van der Waals surface area contributed by atoms with Gasteiger partial charge in [-0.3, -0.25) is 0 Å². The van der Waals surface area contributed by atoms with Crippen molar-refractivity contribution in [3.63, 3.8) is 0 Å². The quantitative estimate of drug-likeness (QED) is 0.878. The fraction of sp³-hybridized carbons (Fsp3) is 0.273. The van der Waals surface area contributed by atoms with E-state index in [1.807, 2.05) is 0 Å². The zero-order valence-corrected chi connectivity index (χ0v) is 9.05. The van der Waals surface area contributed by atoms with E-state index >= 15 is 0 Å². The summed E-state index contributed by atoms with van der Waals surface area (Å²) in [6.45, 7) is -0.395. The maximum Gasteiger partial charge on any atom is 0.292 e. The van der Waals surface area contributed by atoms with Crippen LogP contribution in [0.5, 0.6) is 0 Å². The maximum absolute atomic E-state index is 13.8. The van der Waals surface area contributed by atoms with Gasteiger partial charge < -0.3 is 5.73 Å². The van der Waals surface area contributed by atoms with E-state index in [0.29, 0.717) is 5.82 Å². The fourth-order valence-electron chi connectivity index (χ4n) is 1.48. The van der Waals surface area contributed by atoms with Crippen molar-refractivity contribution >= 4 is 0 Å². The van der Waals surface area contributed by atoms with Gasteiger partial charge in [-0.1, -0.05) is 30.3 Å². The van der Waals surface area contributed by atoms with Crippen molar-refractivity contribution < 1.29 is 8.78 Å². The number of nitrogens with zero attached hydrogens (tertiary/aromatic N) is 3. The van der Waals surface area contributed by atoms with Crippen molar-refractivity contribution in [1.82, 2.24) is 14.8 Å². The van der Waals surface area contributed by atoms with Gasteiger partial charge in [0.2, 0.25) is 0 Å². The molecule has 0 unspecified atom stereocenters. The number of aromatic nitrogens is 3. The Balaban J connectivity index is 2.17. The number of nitrogens with two attached hydrogens (primary N) is 1. The highest BCUT2D eigenvalue weighted by Gasteiger charge is 2.32. The number of hydrogen-bond donors (Lipinski definition) is 1. The Kier molecular flexibility index (Phi) is 3.14. The highest BCUT2D eigenvalue weighted by atomic mass is 19.3. The number of benzene rings is 1. The number of rotatable bonds is 4. The van der Waals surface area contributed by atoms with E-state index in [9.17, 15) is 8.78 Å². The maximum atomic E-state index is 13.8. The second-order valence-electron chi connectivity index (χ2n) is 3.63. The summed E-state index contributed by atoms with van der Waals surface area (Å²) in [7, 11) is 0. The first kappa shape index (κ1) is 11.7. The Labute approximate surface area is 97.1 Å². The molecule has 0 aliphatic carbocycles. The highest BCUT2D eigenvalue weighted by Crippen LogP contribution is 2.29. The van der Waals surface area contributed by atoms with Crippen molar-refractivity contribution in [3.05, 3.63) is 48.0 Å². The molecule has 17 heavy (non-hydrogen) atoms. The lowest BCUT2D eigenvalue weighted by molar-refractivity contribution is -0.0255. The van der Waals surface area contributed by atoms with Crippen LogP contribution in [0.3, 0.4) is 0 Å². The first-order chi connectivity index (χ1) is 8.12. The van der Waals surface area contributed by atoms with Gasteiger partial charge in [-0.25, -0.2) is 9.67 Å². The lowest BCUT2D eigenvalue weighted by Gasteiger charge is -2.16. The van der Waals surface area contributed by atoms with Crippen LogP contribution in [-0.4, -0.2) is 14.8 Å². The zero-order valence-electron chi connectivity index (χ0n) is 9.05. The molecule has 1 heterocycles. The first-order valence-corrected chi connectivity index (χ1v) is 5.13. The van der Waals surface area contributed by atoms with Crippen molar-refractivity contribution in [2.45, 2.75) is 19.0 Å². The van der Waals surface area contributed by atoms with Gasteiger partial charge in [-0.15, -0.1) is 0 Å². The summed E-state index contributed by atoms with van der Waals surface area (Å²) >= 11 is 0. The van der Waals surface area contributed by atoms with Gasteiger partial charge >= 0.3 is 0 Å². The van der Waals surface area contributed by atoms with E-state index in [4.69, 9.17) is 5.73 Å². The number of alkyl halides is 2. The van der Waals surface area contributed by atoms with Crippen molar-refractivity contribution in [3.8, 4) is 0 Å². The van der Waals surface area contributed by atoms with E-state index in [-0.39, 0.29) is 12.1 Å². The van der Waals surface area contributed by atoms with Crippen LogP contribution >= 0.6 is 0 Å². The SMILES string of the molecule is NCc1ncn(CC(F)(F)c2ccccc2)n1. The molecule has 0 bridgehead atoms. The molecule has 1 aromatic heterocycles. The van der Waals surface area contributed by atoms with Crippen LogP contribution < -0.4 is 5.73 Å². The molecule has 0 amide bonds. The molecule has 0 aliphatic heterocycles. The van der Waals surface area contributed by atoms with E-state index in [0.717, 1.165) is 4.68 Å². The number of hydrogen-bond acceptors (Lipinski definition) is 3. The molecule has 0 saturated carbocycles. The van der Waals surface area contributed by atoms with Crippen molar-refractivity contribution in [1.29, 1.82) is 0 Å². The van der Waals surface area contributed by atoms with Gasteiger partial charge in [-0.2, -0.15) is 13.9 Å². The predicted octanol–water partition coefficient (Wildman–Crippen LogP) is 1.53. The van der Waals surface area contributed by atoms with Gasteiger partial charge in [0.25, 0.3) is 5.92 Å². The molecule has 0 fully saturated rings. The third-order valence-corrected chi connectivity index (χ3v) is 2.32. The largest absolute Gasteiger partial charge is 0.324 e. The standard InChI is InChI=1S/C11H12F2N4/c12-11(13,9-4-2-1-3-5-9)7-17-8-15-10(6-14)16-17/h1-5,8H,6-7,14H2. The molecular formula is C11H12F2N4. The summed E-state index contributed by atoms with van der Waals surface area (Å²) < 4.78 is 28.8. The van der Waals surface area contributed by atoms with Crippen LogP contribution in [0.15, 0.2) is 36.7 Å². The molecule has 0 radical (unpaired) electrons. The summed E-state index contributed by atoms with van der Waals surface area (Å²) in [6, 6.07) is 7.63. The normalized spacial score (nSPS) is 11.7. The van der Waals surface area contributed by atoms with Crippen molar-refractivity contribution in [2.75, 3.05) is 0 Å². The monoisotopic (exact) mass is 238 g/mol. The highest BCUT2D eigenvalue weighted by molar-refractivity contribution is 5.19. The second kappa shape index (κ2) is 4.58. The molecule has 1 aromatic carbocycles. The minimum atomic E-state index is -2.97. The van der Waals surface area contributed by atoms with Gasteiger partial charge in [0, 0.05) is 5.56 Å². The molecule has 2 N–H and O–H groups in total. The molecule has 0 spiro atoms. The van der Waals surface area contributed by atoms with Gasteiger partial charge in [0.15, 0.2) is 5.82 Å². The molecule has 6 heteroatoms. The van der Waals surface area contributed by atoms with Crippen LogP contribution in [0.1, 0.15) is 11.4 Å². The van der Waals surface area contributed by atoms with Gasteiger partial charge in [0.05, 0.1) is 6.54 Å². The molecule has 0 saturated heterocycles. The average molecular weight is 238 g/mol. The fourth-order valence-corrected chi connectivity index (χ4v) is 1.48. The van der Waals surface area contributed by atoms with Crippen LogP contribution in [0.25, 0.3) is 0 Å². The summed E-state index contributed by atoms with van der Waals surface area (Å²) in [5.41, 5.74) is 5.27. The Morgan fingerprint density at radius 1 is 1.24 bits per heavy atom. The van der Waals surface area contributed by atoms with Gasteiger partial charge in [0.1, 0.15) is 12.9 Å². The summed E-state index contributed by atoms with van der Waals surface area (Å²) in [4.78, 5) is 3.81. The molecule has 0 atom stereocenters. The molecular weight excluding hydrogens is 226 g/mol. The smallest absolute Gasteiger partial charge is 0.292 e. The Bertz CT molecular complexity index is 481. The zero-order chi connectivity index (χ0) is 12.3. The molecule has 4 nitrogen and oxygen atoms in total. The van der Waals surface area contributed by atoms with E-state index in [1.54, 1.807) is 18.2 Å². The summed E-state index contributed by atoms with van der Waals surface area (Å²) in [5.74, 6) is -2.62. The minimum Gasteiger partial charge on any atom is -0.324 e. The first-order valence-electron chi connectivity index (χ1n) is 5.13. The number of halogens is 2. The van der Waals surface area contributed by atoms with E-state index < -0.39 is 12.5 Å². The molecule has 90 valence electrons. The average Bonchev–Trinajstić information content (AvgIpc) is 2.77. The molecule has 2 rings (SSSR count). The van der Waals surface area contributed by atoms with Crippen molar-refractivity contribution in [2.24, 2.45) is 5.73 Å². The lowest BCUT2D eigenvalue weighted by Crippen LogP contribution is -2.22. The Morgan fingerprint density at radius 2 is 1.94 bits per heavy atom. The molecule has 2 aromatic rings. The molecule has 0 aliphatic rings. The third kappa shape index (κ3) is 2.65. The summed E-state index contributed by atoms with van der Waals surface area (Å²) in [6.07, 6.45) is 1.26. The predicted molar refractivity (Wildman–Crippen MR) is 58.2 cm³/mol. The van der Waals surface area contributed by atoms with E-state index in [1.165, 1.54) is 18.5 Å². The minimum absolute atomic E-state index is 0.0372. The second-order valence-corrected chi connectivity index (χ2v) is 3.63. The van der Waals surface area contributed by atoms with Crippen LogP contribution in [0.4, 0.5) is 8.78 Å². The lowest BCUT2D eigenvalue weighted by atomic mass is 10.1. The van der Waals surface area contributed by atoms with Crippen LogP contribution in [-0.2, 0) is 19.0 Å². The van der Waals surface area contributed by atoms with Crippen LogP contribution in [0, 0.1) is 0 Å². The topological polar surface area (TPSA) is 56.7 Å². The van der Waals surface area contributed by atoms with Crippen LogP contribution in [0.2, 0.25) is 0 Å². The Hall–Kier alpha value is -1.82. The van der Waals surface area contributed by atoms with E-state index in [2.05, 4.69) is 10.1 Å². The summed E-state index contributed by atoms with van der Waals surface area (Å²) in [5, 5.41) is 3.84. The third-order valence-electron chi connectivity index (χ3n) is 2.32. The van der Waals surface area contributed by atoms with Gasteiger partial charge in [-0.05, 0) is 0 Å².